The molecule has 6 nitrogen and oxygen atoms in total. The number of nitrogens with zero attached hydrogens (tertiary/aromatic N) is 1. The number of benzene rings is 2. The van der Waals surface area contributed by atoms with E-state index in [4.69, 9.17) is 18.9 Å². The van der Waals surface area contributed by atoms with E-state index in [0.29, 0.717) is 29.4 Å². The molecule has 2 aliphatic rings. The van der Waals surface area contributed by atoms with Crippen molar-refractivity contribution in [3.63, 3.8) is 0 Å². The molecule has 0 radical (unpaired) electrons. The third-order valence-corrected chi connectivity index (χ3v) is 6.35. The Kier molecular flexibility index (Phi) is 4.63. The second-order valence-electron chi connectivity index (χ2n) is 7.41. The summed E-state index contributed by atoms with van der Waals surface area (Å²) in [4.78, 5) is 2.25. The van der Waals surface area contributed by atoms with Gasteiger partial charge in [-0.3, -0.25) is 4.90 Å². The first-order valence-electron chi connectivity index (χ1n) is 9.40. The summed E-state index contributed by atoms with van der Waals surface area (Å²) in [5, 5.41) is 11.5. The van der Waals surface area contributed by atoms with Crippen LogP contribution in [0.25, 0.3) is 0 Å². The van der Waals surface area contributed by atoms with Crippen LogP contribution in [0.3, 0.4) is 0 Å². The van der Waals surface area contributed by atoms with E-state index in [1.54, 1.807) is 28.4 Å². The lowest BCUT2D eigenvalue weighted by Crippen LogP contribution is -2.51. The Morgan fingerprint density at radius 3 is 2.29 bits per heavy atom. The number of rotatable bonds is 4. The van der Waals surface area contributed by atoms with Crippen molar-refractivity contribution in [2.45, 2.75) is 24.5 Å². The van der Waals surface area contributed by atoms with Crippen LogP contribution in [-0.2, 0) is 18.4 Å². The number of aliphatic hydroxyl groups excluding tert-OH is 1. The van der Waals surface area contributed by atoms with Crippen molar-refractivity contribution in [3.05, 3.63) is 46.5 Å². The molecule has 1 spiro atoms. The van der Waals surface area contributed by atoms with Gasteiger partial charge in [0.15, 0.2) is 23.0 Å². The van der Waals surface area contributed by atoms with Gasteiger partial charge in [-0.2, -0.15) is 0 Å². The summed E-state index contributed by atoms with van der Waals surface area (Å²) in [6, 6.07) is 7.86. The molecule has 2 atom stereocenters. The second-order valence-corrected chi connectivity index (χ2v) is 7.41. The Morgan fingerprint density at radius 1 is 0.964 bits per heavy atom. The van der Waals surface area contributed by atoms with Gasteiger partial charge < -0.3 is 24.1 Å². The molecule has 0 amide bonds. The number of aliphatic hydroxyl groups is 1. The summed E-state index contributed by atoms with van der Waals surface area (Å²) in [6.07, 6.45) is 0.824. The molecule has 0 saturated heterocycles. The molecule has 2 aromatic rings. The van der Waals surface area contributed by atoms with Crippen LogP contribution in [0.1, 0.15) is 28.4 Å². The summed E-state index contributed by atoms with van der Waals surface area (Å²) < 4.78 is 22.2. The number of fused-ring (bicyclic) bond motifs is 3. The Bertz CT molecular complexity index is 912. The summed E-state index contributed by atoms with van der Waals surface area (Å²) in [6.45, 7) is 0.840. The predicted molar refractivity (Wildman–Crippen MR) is 106 cm³/mol. The number of methoxy groups -OCH3 is 4. The third-order valence-electron chi connectivity index (χ3n) is 6.35. The minimum absolute atomic E-state index is 0.588. The van der Waals surface area contributed by atoms with Crippen LogP contribution in [0.15, 0.2) is 24.3 Å². The van der Waals surface area contributed by atoms with Crippen LogP contribution < -0.4 is 18.9 Å². The molecule has 0 fully saturated rings. The van der Waals surface area contributed by atoms with Crippen molar-refractivity contribution in [1.29, 1.82) is 0 Å². The zero-order valence-electron chi connectivity index (χ0n) is 17.0. The molecule has 6 heteroatoms. The lowest BCUT2D eigenvalue weighted by Gasteiger charge is -2.46. The average Bonchev–Trinajstić information content (AvgIpc) is 3.02. The highest BCUT2D eigenvalue weighted by Crippen LogP contribution is 2.56. The normalized spacial score (nSPS) is 23.3. The number of hydrogen-bond donors (Lipinski definition) is 1. The van der Waals surface area contributed by atoms with E-state index in [1.165, 1.54) is 5.56 Å². The van der Waals surface area contributed by atoms with Gasteiger partial charge in [0.2, 0.25) is 0 Å². The van der Waals surface area contributed by atoms with Crippen LogP contribution >= 0.6 is 0 Å². The van der Waals surface area contributed by atoms with Crippen LogP contribution in [0.4, 0.5) is 0 Å². The Hall–Kier alpha value is -2.44. The summed E-state index contributed by atoms with van der Waals surface area (Å²) in [5.74, 6) is 2.75. The Labute approximate surface area is 165 Å². The molecule has 1 aliphatic carbocycles. The molecular formula is C22H27NO5. The van der Waals surface area contributed by atoms with Gasteiger partial charge in [-0.05, 0) is 48.4 Å². The molecule has 28 heavy (non-hydrogen) atoms. The molecule has 4 rings (SSSR count). The fourth-order valence-corrected chi connectivity index (χ4v) is 4.88. The minimum Gasteiger partial charge on any atom is -0.493 e. The maximum atomic E-state index is 11.5. The molecular weight excluding hydrogens is 358 g/mol. The highest BCUT2D eigenvalue weighted by atomic mass is 16.5. The Balaban J connectivity index is 1.93. The molecule has 1 heterocycles. The van der Waals surface area contributed by atoms with Gasteiger partial charge in [0.1, 0.15) is 6.10 Å². The van der Waals surface area contributed by atoms with Crippen LogP contribution in [0.2, 0.25) is 0 Å². The molecule has 0 saturated carbocycles. The van der Waals surface area contributed by atoms with E-state index in [1.807, 2.05) is 24.3 Å². The van der Waals surface area contributed by atoms with Crippen molar-refractivity contribution in [3.8, 4) is 23.0 Å². The van der Waals surface area contributed by atoms with E-state index in [9.17, 15) is 5.11 Å². The topological polar surface area (TPSA) is 60.4 Å². The molecule has 1 N–H and O–H groups in total. The van der Waals surface area contributed by atoms with Crippen LogP contribution in [0.5, 0.6) is 23.0 Å². The van der Waals surface area contributed by atoms with Crippen molar-refractivity contribution < 1.29 is 24.1 Å². The van der Waals surface area contributed by atoms with Gasteiger partial charge >= 0.3 is 0 Å². The first-order valence-corrected chi connectivity index (χ1v) is 9.40. The first-order chi connectivity index (χ1) is 13.5. The molecule has 150 valence electrons. The van der Waals surface area contributed by atoms with Crippen molar-refractivity contribution >= 4 is 0 Å². The first kappa shape index (κ1) is 18.9. The van der Waals surface area contributed by atoms with Crippen LogP contribution in [0, 0.1) is 0 Å². The monoisotopic (exact) mass is 385 g/mol. The van der Waals surface area contributed by atoms with Gasteiger partial charge in [0.25, 0.3) is 0 Å². The minimum atomic E-state index is -0.690. The van der Waals surface area contributed by atoms with Gasteiger partial charge in [-0.25, -0.2) is 0 Å². The number of hydrogen-bond acceptors (Lipinski definition) is 6. The van der Waals surface area contributed by atoms with E-state index in [0.717, 1.165) is 29.7 Å². The molecule has 2 aromatic carbocycles. The highest BCUT2D eigenvalue weighted by molar-refractivity contribution is 5.60. The summed E-state index contributed by atoms with van der Waals surface area (Å²) in [5.41, 5.74) is 3.53. The Morgan fingerprint density at radius 2 is 1.64 bits per heavy atom. The maximum absolute atomic E-state index is 11.5. The summed E-state index contributed by atoms with van der Waals surface area (Å²) in [7, 11) is 8.62. The lowest BCUT2D eigenvalue weighted by atomic mass is 9.77. The molecule has 0 bridgehead atoms. The SMILES string of the molecule is COc1cc2c(cc1OC)[C@]1(Cc3c(ccc(OC)c3OC)[C@H]1O)N(C)CC2. The molecule has 1 aliphatic heterocycles. The van der Waals surface area contributed by atoms with Crippen molar-refractivity contribution in [2.24, 2.45) is 0 Å². The highest BCUT2D eigenvalue weighted by Gasteiger charge is 2.53. The smallest absolute Gasteiger partial charge is 0.164 e. The molecule has 0 unspecified atom stereocenters. The van der Waals surface area contributed by atoms with Gasteiger partial charge in [0.05, 0.1) is 34.0 Å². The summed E-state index contributed by atoms with van der Waals surface area (Å²) >= 11 is 0. The lowest BCUT2D eigenvalue weighted by molar-refractivity contribution is -0.0197. The quantitative estimate of drug-likeness (QED) is 0.873. The van der Waals surface area contributed by atoms with Crippen molar-refractivity contribution in [2.75, 3.05) is 42.0 Å². The van der Waals surface area contributed by atoms with E-state index >= 15 is 0 Å². The number of ether oxygens (including phenoxy) is 4. The zero-order chi connectivity index (χ0) is 20.1. The number of likely N-dealkylation sites (N-methyl/N-ethyl adjacent to an activating group) is 1. The van der Waals surface area contributed by atoms with Gasteiger partial charge in [-0.15, -0.1) is 0 Å². The molecule has 0 aromatic heterocycles. The zero-order valence-corrected chi connectivity index (χ0v) is 17.0. The average molecular weight is 385 g/mol. The maximum Gasteiger partial charge on any atom is 0.164 e. The van der Waals surface area contributed by atoms with E-state index in [-0.39, 0.29) is 0 Å². The second kappa shape index (κ2) is 6.87. The van der Waals surface area contributed by atoms with Crippen molar-refractivity contribution in [1.82, 2.24) is 4.90 Å². The van der Waals surface area contributed by atoms with Gasteiger partial charge in [0, 0.05) is 18.5 Å². The third kappa shape index (κ3) is 2.41. The fourth-order valence-electron chi connectivity index (χ4n) is 4.88. The van der Waals surface area contributed by atoms with Gasteiger partial charge in [-0.1, -0.05) is 6.07 Å². The largest absolute Gasteiger partial charge is 0.493 e. The standard InChI is InChI=1S/C22H27NO5/c1-23-9-8-13-10-18(26-3)19(27-4)11-16(13)22(23)12-15-14(21(22)24)6-7-17(25-2)20(15)28-5/h6-7,10-11,21,24H,8-9,12H2,1-5H3/t21-,22+/m1/s1. The predicted octanol–water partition coefficient (Wildman–Crippen LogP) is 2.69. The van der Waals surface area contributed by atoms with Crippen LogP contribution in [-0.4, -0.2) is 52.0 Å². The van der Waals surface area contributed by atoms with E-state index in [2.05, 4.69) is 11.9 Å². The van der Waals surface area contributed by atoms with E-state index < -0.39 is 11.6 Å². The fraction of sp³-hybridized carbons (Fsp3) is 0.455.